The SMILES string of the molecule is NCCCCCCC(C=O)CC=O. The average molecular weight is 185 g/mol. The van der Waals surface area contributed by atoms with Gasteiger partial charge < -0.3 is 15.3 Å². The molecule has 3 nitrogen and oxygen atoms in total. The summed E-state index contributed by atoms with van der Waals surface area (Å²) in [4.78, 5) is 20.6. The van der Waals surface area contributed by atoms with Gasteiger partial charge in [0.2, 0.25) is 0 Å². The number of carbonyl (C=O) groups excluding carboxylic acids is 2. The average Bonchev–Trinajstić information content (AvgIpc) is 2.16. The molecule has 0 aromatic heterocycles. The Labute approximate surface area is 79.7 Å². The van der Waals surface area contributed by atoms with Gasteiger partial charge in [0.05, 0.1) is 0 Å². The molecule has 3 heteroatoms. The van der Waals surface area contributed by atoms with E-state index in [1.165, 1.54) is 0 Å². The van der Waals surface area contributed by atoms with Crippen LogP contribution >= 0.6 is 0 Å². The number of hydrogen-bond acceptors (Lipinski definition) is 3. The van der Waals surface area contributed by atoms with Crippen LogP contribution in [0.2, 0.25) is 0 Å². The van der Waals surface area contributed by atoms with Crippen molar-refractivity contribution >= 4 is 12.6 Å². The summed E-state index contributed by atoms with van der Waals surface area (Å²) in [6.45, 7) is 0.742. The van der Waals surface area contributed by atoms with Gasteiger partial charge >= 0.3 is 0 Å². The molecule has 0 aromatic carbocycles. The number of unbranched alkanes of at least 4 members (excludes halogenated alkanes) is 3. The topological polar surface area (TPSA) is 60.2 Å². The van der Waals surface area contributed by atoms with Crippen molar-refractivity contribution in [1.82, 2.24) is 0 Å². The molecule has 0 spiro atoms. The van der Waals surface area contributed by atoms with Crippen LogP contribution in [0.3, 0.4) is 0 Å². The van der Waals surface area contributed by atoms with Crippen molar-refractivity contribution in [2.24, 2.45) is 11.7 Å². The van der Waals surface area contributed by atoms with Crippen LogP contribution in [0, 0.1) is 5.92 Å². The van der Waals surface area contributed by atoms with Crippen LogP contribution in [-0.2, 0) is 9.59 Å². The van der Waals surface area contributed by atoms with E-state index >= 15 is 0 Å². The minimum absolute atomic E-state index is 0.0598. The Morgan fingerprint density at radius 2 is 1.77 bits per heavy atom. The van der Waals surface area contributed by atoms with E-state index < -0.39 is 0 Å². The second kappa shape index (κ2) is 9.39. The predicted molar refractivity (Wildman–Crippen MR) is 52.4 cm³/mol. The second-order valence-electron chi connectivity index (χ2n) is 3.29. The summed E-state index contributed by atoms with van der Waals surface area (Å²) in [6, 6.07) is 0. The first-order chi connectivity index (χ1) is 6.35. The van der Waals surface area contributed by atoms with Crippen molar-refractivity contribution < 1.29 is 9.59 Å². The number of aldehydes is 2. The van der Waals surface area contributed by atoms with E-state index in [1.54, 1.807) is 0 Å². The Kier molecular flexibility index (Phi) is 8.88. The molecule has 0 saturated heterocycles. The van der Waals surface area contributed by atoms with Gasteiger partial charge in [-0.05, 0) is 19.4 Å². The molecule has 13 heavy (non-hydrogen) atoms. The molecule has 0 bridgehead atoms. The highest BCUT2D eigenvalue weighted by molar-refractivity contribution is 5.61. The normalized spacial score (nSPS) is 12.4. The number of rotatable bonds is 9. The van der Waals surface area contributed by atoms with Crippen LogP contribution in [0.5, 0.6) is 0 Å². The molecule has 2 N–H and O–H groups in total. The van der Waals surface area contributed by atoms with Gasteiger partial charge in [0.25, 0.3) is 0 Å². The van der Waals surface area contributed by atoms with Crippen molar-refractivity contribution in [1.29, 1.82) is 0 Å². The third kappa shape index (κ3) is 7.65. The Bertz CT molecular complexity index is 137. The third-order valence-electron chi connectivity index (χ3n) is 2.12. The molecule has 0 heterocycles. The predicted octanol–water partition coefficient (Wildman–Crippen LogP) is 1.30. The molecule has 0 aliphatic heterocycles. The van der Waals surface area contributed by atoms with Gasteiger partial charge in [-0.25, -0.2) is 0 Å². The molecule has 1 unspecified atom stereocenters. The van der Waals surface area contributed by atoms with Crippen molar-refractivity contribution in [3.8, 4) is 0 Å². The van der Waals surface area contributed by atoms with Crippen molar-refractivity contribution in [2.45, 2.75) is 38.5 Å². The van der Waals surface area contributed by atoms with E-state index in [0.29, 0.717) is 6.42 Å². The highest BCUT2D eigenvalue weighted by Crippen LogP contribution is 2.10. The smallest absolute Gasteiger partial charge is 0.123 e. The van der Waals surface area contributed by atoms with E-state index in [2.05, 4.69) is 0 Å². The van der Waals surface area contributed by atoms with Gasteiger partial charge in [0.1, 0.15) is 12.6 Å². The van der Waals surface area contributed by atoms with Gasteiger partial charge in [-0.2, -0.15) is 0 Å². The van der Waals surface area contributed by atoms with Crippen LogP contribution in [0.1, 0.15) is 38.5 Å². The van der Waals surface area contributed by atoms with Crippen LogP contribution in [0.15, 0.2) is 0 Å². The Hall–Kier alpha value is -0.700. The van der Waals surface area contributed by atoms with Crippen LogP contribution in [0.4, 0.5) is 0 Å². The molecule has 0 aromatic rings. The van der Waals surface area contributed by atoms with Crippen molar-refractivity contribution in [3.05, 3.63) is 0 Å². The largest absolute Gasteiger partial charge is 0.330 e. The first-order valence-corrected chi connectivity index (χ1v) is 4.94. The van der Waals surface area contributed by atoms with Crippen molar-refractivity contribution in [3.63, 3.8) is 0 Å². The summed E-state index contributed by atoms with van der Waals surface area (Å²) in [7, 11) is 0. The highest BCUT2D eigenvalue weighted by Gasteiger charge is 2.05. The van der Waals surface area contributed by atoms with E-state index in [1.807, 2.05) is 0 Å². The second-order valence-corrected chi connectivity index (χ2v) is 3.29. The van der Waals surface area contributed by atoms with Gasteiger partial charge in [0, 0.05) is 12.3 Å². The molecule has 0 rings (SSSR count). The molecule has 1 atom stereocenters. The lowest BCUT2D eigenvalue weighted by Gasteiger charge is -2.05. The minimum atomic E-state index is -0.0598. The molecule has 0 saturated carbocycles. The maximum Gasteiger partial charge on any atom is 0.123 e. The maximum atomic E-state index is 10.4. The Morgan fingerprint density at radius 3 is 2.31 bits per heavy atom. The van der Waals surface area contributed by atoms with Crippen LogP contribution in [-0.4, -0.2) is 19.1 Å². The lowest BCUT2D eigenvalue weighted by atomic mass is 10.00. The summed E-state index contributed by atoms with van der Waals surface area (Å²) in [5, 5.41) is 0. The summed E-state index contributed by atoms with van der Waals surface area (Å²) < 4.78 is 0. The minimum Gasteiger partial charge on any atom is -0.330 e. The Balaban J connectivity index is 3.27. The lowest BCUT2D eigenvalue weighted by molar-refractivity contribution is -0.115. The molecule has 76 valence electrons. The quantitative estimate of drug-likeness (QED) is 0.435. The highest BCUT2D eigenvalue weighted by atomic mass is 16.1. The van der Waals surface area contributed by atoms with E-state index in [9.17, 15) is 9.59 Å². The third-order valence-corrected chi connectivity index (χ3v) is 2.12. The summed E-state index contributed by atoms with van der Waals surface area (Å²) in [5.74, 6) is -0.0598. The van der Waals surface area contributed by atoms with Gasteiger partial charge in [-0.1, -0.05) is 19.3 Å². The molecule has 0 aliphatic carbocycles. The Morgan fingerprint density at radius 1 is 1.08 bits per heavy atom. The summed E-state index contributed by atoms with van der Waals surface area (Å²) >= 11 is 0. The molecular weight excluding hydrogens is 166 g/mol. The number of carbonyl (C=O) groups is 2. The van der Waals surface area contributed by atoms with E-state index in [0.717, 1.165) is 51.2 Å². The first-order valence-electron chi connectivity index (χ1n) is 4.94. The summed E-state index contributed by atoms with van der Waals surface area (Å²) in [6.07, 6.45) is 7.24. The summed E-state index contributed by atoms with van der Waals surface area (Å²) in [5.41, 5.74) is 5.34. The zero-order chi connectivity index (χ0) is 9.94. The molecular formula is C10H19NO2. The fraction of sp³-hybridized carbons (Fsp3) is 0.800. The zero-order valence-electron chi connectivity index (χ0n) is 8.08. The van der Waals surface area contributed by atoms with Crippen LogP contribution in [0.25, 0.3) is 0 Å². The molecule has 0 fully saturated rings. The maximum absolute atomic E-state index is 10.4. The van der Waals surface area contributed by atoms with Crippen LogP contribution < -0.4 is 5.73 Å². The van der Waals surface area contributed by atoms with E-state index in [4.69, 9.17) is 5.73 Å². The lowest BCUT2D eigenvalue weighted by Crippen LogP contribution is -2.03. The zero-order valence-corrected chi connectivity index (χ0v) is 8.08. The van der Waals surface area contributed by atoms with Gasteiger partial charge in [-0.3, -0.25) is 0 Å². The van der Waals surface area contributed by atoms with Gasteiger partial charge in [-0.15, -0.1) is 0 Å². The fourth-order valence-corrected chi connectivity index (χ4v) is 1.27. The first kappa shape index (κ1) is 12.3. The molecule has 0 radical (unpaired) electrons. The molecule has 0 amide bonds. The van der Waals surface area contributed by atoms with Crippen molar-refractivity contribution in [2.75, 3.05) is 6.54 Å². The standard InChI is InChI=1S/C10H19NO2/c11-7-4-2-1-3-5-10(9-13)6-8-12/h8-10H,1-7,11H2. The van der Waals surface area contributed by atoms with Gasteiger partial charge in [0.15, 0.2) is 0 Å². The monoisotopic (exact) mass is 185 g/mol. The number of nitrogens with two attached hydrogens (primary N) is 1. The molecule has 0 aliphatic rings. The van der Waals surface area contributed by atoms with E-state index in [-0.39, 0.29) is 5.92 Å². The fourth-order valence-electron chi connectivity index (χ4n) is 1.27. The number of hydrogen-bond donors (Lipinski definition) is 1.